The number of anilines is 2. The number of amides is 2. The summed E-state index contributed by atoms with van der Waals surface area (Å²) in [4.78, 5) is 37.1. The van der Waals surface area contributed by atoms with Gasteiger partial charge < -0.3 is 19.3 Å². The monoisotopic (exact) mass is 732 g/mol. The first-order chi connectivity index (χ1) is 24.9. The first-order valence-corrected chi connectivity index (χ1v) is 17.1. The fourth-order valence-electron chi connectivity index (χ4n) is 5.16. The summed E-state index contributed by atoms with van der Waals surface area (Å²) in [6, 6.07) is 33.0. The molecule has 0 fully saturated rings. The summed E-state index contributed by atoms with van der Waals surface area (Å²) < 4.78 is 11.6. The molecule has 0 saturated carbocycles. The lowest BCUT2D eigenvalue weighted by atomic mass is 10.1. The van der Waals surface area contributed by atoms with Crippen LogP contribution in [0.4, 0.5) is 11.4 Å². The Morgan fingerprint density at radius 2 is 0.904 bits per heavy atom. The van der Waals surface area contributed by atoms with Gasteiger partial charge >= 0.3 is 0 Å². The number of halogens is 2. The molecule has 6 aromatic rings. The van der Waals surface area contributed by atoms with Crippen molar-refractivity contribution in [3.63, 3.8) is 0 Å². The number of nitrogens with zero attached hydrogens (tertiary/aromatic N) is 4. The van der Waals surface area contributed by atoms with Crippen LogP contribution in [0.2, 0.25) is 10.0 Å². The number of carbonyl (C=O) groups is 2. The van der Waals surface area contributed by atoms with Gasteiger partial charge in [-0.1, -0.05) is 59.6 Å². The molecule has 0 aliphatic heterocycles. The zero-order valence-electron chi connectivity index (χ0n) is 29.7. The Kier molecular flexibility index (Phi) is 12.3. The lowest BCUT2D eigenvalue weighted by molar-refractivity contribution is 0.0984. The number of ether oxygens (including phenoxy) is 2. The van der Waals surface area contributed by atoms with E-state index in [1.807, 2.05) is 100 Å². The van der Waals surface area contributed by atoms with Crippen LogP contribution in [0, 0.1) is 27.7 Å². The largest absolute Gasteiger partial charge is 0.439 e. The summed E-state index contributed by atoms with van der Waals surface area (Å²) in [5.74, 6) is 2.14. The van der Waals surface area contributed by atoms with E-state index < -0.39 is 0 Å². The molecule has 0 bridgehead atoms. The fourth-order valence-corrected chi connectivity index (χ4v) is 5.62. The van der Waals surface area contributed by atoms with Crippen LogP contribution in [-0.4, -0.2) is 35.9 Å². The van der Waals surface area contributed by atoms with E-state index in [4.69, 9.17) is 32.7 Å². The van der Waals surface area contributed by atoms with Crippen molar-refractivity contribution in [1.29, 1.82) is 0 Å². The summed E-state index contributed by atoms with van der Waals surface area (Å²) in [6.45, 7) is 7.68. The maximum Gasteiger partial charge on any atom is 0.258 e. The number of aryl methyl sites for hydroxylation is 4. The van der Waals surface area contributed by atoms with Crippen molar-refractivity contribution in [2.75, 3.05) is 23.9 Å². The van der Waals surface area contributed by atoms with E-state index in [-0.39, 0.29) is 11.8 Å². The zero-order chi connectivity index (χ0) is 37.4. The molecule has 2 amide bonds. The number of rotatable bonds is 8. The van der Waals surface area contributed by atoms with E-state index in [0.29, 0.717) is 55.8 Å². The zero-order valence-corrected chi connectivity index (χ0v) is 31.2. The minimum absolute atomic E-state index is 0.0767. The van der Waals surface area contributed by atoms with Crippen LogP contribution in [0.25, 0.3) is 0 Å². The Labute approximate surface area is 314 Å². The highest BCUT2D eigenvalue weighted by Crippen LogP contribution is 2.29. The van der Waals surface area contributed by atoms with Crippen LogP contribution < -0.4 is 19.3 Å². The second kappa shape index (κ2) is 17.0. The quantitative estimate of drug-likeness (QED) is 0.155. The molecule has 2 heterocycles. The van der Waals surface area contributed by atoms with Gasteiger partial charge in [-0.2, -0.15) is 0 Å². The number of hydrogen-bond donors (Lipinski definition) is 0. The van der Waals surface area contributed by atoms with E-state index in [2.05, 4.69) is 9.97 Å². The topological polar surface area (TPSA) is 84.9 Å². The molecule has 2 aromatic heterocycles. The molecule has 0 aliphatic carbocycles. The van der Waals surface area contributed by atoms with Crippen molar-refractivity contribution < 1.29 is 19.1 Å². The second-order valence-corrected chi connectivity index (χ2v) is 13.0. The maximum absolute atomic E-state index is 12.7. The number of pyridine rings is 2. The number of benzene rings is 4. The average Bonchev–Trinajstić information content (AvgIpc) is 3.14. The third-order valence-electron chi connectivity index (χ3n) is 8.28. The van der Waals surface area contributed by atoms with Crippen LogP contribution in [0.15, 0.2) is 122 Å². The molecule has 0 radical (unpaired) electrons. The minimum Gasteiger partial charge on any atom is -0.439 e. The second-order valence-electron chi connectivity index (χ2n) is 12.1. The Morgan fingerprint density at radius 3 is 1.23 bits per heavy atom. The SMILES string of the molecule is Cc1cc(Cl)ccc1Oc1ccc(N(C)C(=O)c2ccccc2C)cn1.Cc1cc(Cl)ccc1Oc1ccc(N(C)C(=O)c2ccccc2C)cn1. The third-order valence-corrected chi connectivity index (χ3v) is 8.75. The van der Waals surface area contributed by atoms with E-state index in [1.165, 1.54) is 0 Å². The Bertz CT molecular complexity index is 2030. The lowest BCUT2D eigenvalue weighted by Gasteiger charge is -2.18. The minimum atomic E-state index is -0.0767. The van der Waals surface area contributed by atoms with Crippen LogP contribution in [0.3, 0.4) is 0 Å². The van der Waals surface area contributed by atoms with Crippen molar-refractivity contribution in [3.8, 4) is 23.3 Å². The Balaban J connectivity index is 0.000000201. The molecule has 4 aromatic carbocycles. The molecule has 0 atom stereocenters. The van der Waals surface area contributed by atoms with Crippen molar-refractivity contribution in [2.45, 2.75) is 27.7 Å². The van der Waals surface area contributed by atoms with Gasteiger partial charge in [0, 0.05) is 47.4 Å². The molecule has 6 rings (SSSR count). The van der Waals surface area contributed by atoms with Gasteiger partial charge in [-0.15, -0.1) is 0 Å². The molecule has 52 heavy (non-hydrogen) atoms. The van der Waals surface area contributed by atoms with Gasteiger partial charge in [0.1, 0.15) is 11.5 Å². The standard InChI is InChI=1S/2C21H19ClN2O2/c2*1-14-6-4-5-7-18(14)21(25)24(3)17-9-11-20(23-13-17)26-19-10-8-16(22)12-15(19)2/h2*4-13H,1-3H3. The van der Waals surface area contributed by atoms with Crippen LogP contribution in [-0.2, 0) is 0 Å². The molecule has 0 unspecified atom stereocenters. The van der Waals surface area contributed by atoms with E-state index in [0.717, 1.165) is 22.3 Å². The van der Waals surface area contributed by atoms with Crippen LogP contribution in [0.1, 0.15) is 43.0 Å². The number of carbonyl (C=O) groups excluding carboxylic acids is 2. The normalized spacial score (nSPS) is 10.5. The van der Waals surface area contributed by atoms with Crippen molar-refractivity contribution in [1.82, 2.24) is 9.97 Å². The lowest BCUT2D eigenvalue weighted by Crippen LogP contribution is -2.26. The molecule has 10 heteroatoms. The van der Waals surface area contributed by atoms with Crippen molar-refractivity contribution in [3.05, 3.63) is 165 Å². The predicted molar refractivity (Wildman–Crippen MR) is 209 cm³/mol. The van der Waals surface area contributed by atoms with Gasteiger partial charge in [-0.3, -0.25) is 9.59 Å². The summed E-state index contributed by atoms with van der Waals surface area (Å²) >= 11 is 11.9. The van der Waals surface area contributed by atoms with Crippen molar-refractivity contribution in [2.24, 2.45) is 0 Å². The smallest absolute Gasteiger partial charge is 0.258 e. The molecule has 0 spiro atoms. The first-order valence-electron chi connectivity index (χ1n) is 16.4. The van der Waals surface area contributed by atoms with E-state index in [9.17, 15) is 9.59 Å². The molecule has 0 saturated heterocycles. The molecule has 0 N–H and O–H groups in total. The fraction of sp³-hybridized carbons (Fsp3) is 0.143. The summed E-state index contributed by atoms with van der Waals surface area (Å²) in [5, 5.41) is 1.32. The maximum atomic E-state index is 12.7. The van der Waals surface area contributed by atoms with Gasteiger partial charge in [0.25, 0.3) is 11.8 Å². The third kappa shape index (κ3) is 9.34. The summed E-state index contributed by atoms with van der Waals surface area (Å²) in [6.07, 6.45) is 3.24. The Hall–Kier alpha value is -5.70. The van der Waals surface area contributed by atoms with Crippen LogP contribution in [0.5, 0.6) is 23.3 Å². The summed E-state index contributed by atoms with van der Waals surface area (Å²) in [7, 11) is 3.46. The highest BCUT2D eigenvalue weighted by Gasteiger charge is 2.17. The molecule has 264 valence electrons. The number of hydrogen-bond acceptors (Lipinski definition) is 6. The van der Waals surface area contributed by atoms with E-state index in [1.54, 1.807) is 72.7 Å². The molecular formula is C42H38Cl2N4O4. The highest BCUT2D eigenvalue weighted by molar-refractivity contribution is 6.31. The summed E-state index contributed by atoms with van der Waals surface area (Å²) in [5.41, 5.74) is 6.47. The Morgan fingerprint density at radius 1 is 0.519 bits per heavy atom. The van der Waals surface area contributed by atoms with E-state index >= 15 is 0 Å². The van der Waals surface area contributed by atoms with Gasteiger partial charge in [0.15, 0.2) is 0 Å². The van der Waals surface area contributed by atoms with Crippen molar-refractivity contribution >= 4 is 46.4 Å². The molecular weight excluding hydrogens is 695 g/mol. The van der Waals surface area contributed by atoms with Gasteiger partial charge in [-0.05, 0) is 111 Å². The highest BCUT2D eigenvalue weighted by atomic mass is 35.5. The molecule has 0 aliphatic rings. The van der Waals surface area contributed by atoms with Gasteiger partial charge in [0.05, 0.1) is 23.8 Å². The first kappa shape index (κ1) is 37.6. The van der Waals surface area contributed by atoms with Gasteiger partial charge in [-0.25, -0.2) is 9.97 Å². The van der Waals surface area contributed by atoms with Crippen LogP contribution >= 0.6 is 23.2 Å². The molecule has 8 nitrogen and oxygen atoms in total. The van der Waals surface area contributed by atoms with Gasteiger partial charge in [0.2, 0.25) is 11.8 Å². The number of aromatic nitrogens is 2. The predicted octanol–water partition coefficient (Wildman–Crippen LogP) is 10.8. The average molecular weight is 734 g/mol.